The molecule has 34 heavy (non-hydrogen) atoms. The van der Waals surface area contributed by atoms with Crippen molar-refractivity contribution in [2.45, 2.75) is 39.2 Å². The molecule has 1 aliphatic heterocycles. The average molecular weight is 495 g/mol. The summed E-state index contributed by atoms with van der Waals surface area (Å²) in [7, 11) is 0. The van der Waals surface area contributed by atoms with Crippen LogP contribution in [0.5, 0.6) is 0 Å². The van der Waals surface area contributed by atoms with Gasteiger partial charge in [-0.05, 0) is 68.6 Å². The fourth-order valence-electron chi connectivity index (χ4n) is 4.42. The molecular weight excluding hydrogens is 471 g/mol. The van der Waals surface area contributed by atoms with Gasteiger partial charge in [0.1, 0.15) is 11.2 Å². The zero-order valence-corrected chi connectivity index (χ0v) is 20.6. The van der Waals surface area contributed by atoms with Gasteiger partial charge in [-0.1, -0.05) is 42.3 Å². The van der Waals surface area contributed by atoms with Crippen molar-refractivity contribution in [3.63, 3.8) is 0 Å². The van der Waals surface area contributed by atoms with Gasteiger partial charge in [-0.15, -0.1) is 0 Å². The molecule has 2 aromatic heterocycles. The number of hydrogen-bond donors (Lipinski definition) is 2. The van der Waals surface area contributed by atoms with Crippen molar-refractivity contribution in [3.05, 3.63) is 79.8 Å². The van der Waals surface area contributed by atoms with Crippen LogP contribution in [-0.4, -0.2) is 26.3 Å². The molecule has 0 unspecified atom stereocenters. The number of para-hydroxylation sites is 1. The maximum atomic E-state index is 13.3. The standard InChI is InChI=1S/C25H24Cl2N6O/c1-4-20-21-16(23(34)33(32-20)22-18(26)6-5-7-19(22)27)13-28-24(31-21)30-15-9-8-14-10-11-29-25(2,3)17(14)12-15/h5-9,12-13,29H,4,10-11H2,1-3H3,(H,28,30,31). The Morgan fingerprint density at radius 2 is 1.94 bits per heavy atom. The SMILES string of the molecule is CCc1nn(-c2c(Cl)cccc2Cl)c(=O)c2cnc(Nc3ccc4c(c3)C(C)(C)NCC4)nc12. The summed E-state index contributed by atoms with van der Waals surface area (Å²) >= 11 is 12.7. The van der Waals surface area contributed by atoms with Gasteiger partial charge in [0, 0.05) is 17.4 Å². The van der Waals surface area contributed by atoms with E-state index in [1.54, 1.807) is 18.2 Å². The van der Waals surface area contributed by atoms with Crippen molar-refractivity contribution in [2.24, 2.45) is 0 Å². The first-order chi connectivity index (χ1) is 16.3. The maximum Gasteiger partial charge on any atom is 0.282 e. The van der Waals surface area contributed by atoms with Crippen LogP contribution in [0.15, 0.2) is 47.4 Å². The Balaban J connectivity index is 1.58. The van der Waals surface area contributed by atoms with Crippen molar-refractivity contribution in [1.29, 1.82) is 0 Å². The second-order valence-electron chi connectivity index (χ2n) is 8.84. The molecule has 0 saturated heterocycles. The lowest BCUT2D eigenvalue weighted by Gasteiger charge is -2.34. The number of anilines is 2. The van der Waals surface area contributed by atoms with Crippen molar-refractivity contribution in [1.82, 2.24) is 25.1 Å². The molecule has 7 nitrogen and oxygen atoms in total. The van der Waals surface area contributed by atoms with Crippen molar-refractivity contribution in [2.75, 3.05) is 11.9 Å². The molecule has 9 heteroatoms. The summed E-state index contributed by atoms with van der Waals surface area (Å²) in [5.41, 5.74) is 4.48. The summed E-state index contributed by atoms with van der Waals surface area (Å²) in [6, 6.07) is 11.4. The number of hydrogen-bond acceptors (Lipinski definition) is 6. The number of halogens is 2. The lowest BCUT2D eigenvalue weighted by Crippen LogP contribution is -2.42. The van der Waals surface area contributed by atoms with Crippen LogP contribution in [0.1, 0.15) is 37.6 Å². The summed E-state index contributed by atoms with van der Waals surface area (Å²) in [5, 5.41) is 12.4. The fraction of sp³-hybridized carbons (Fsp3) is 0.280. The Morgan fingerprint density at radius 3 is 2.68 bits per heavy atom. The van der Waals surface area contributed by atoms with Crippen LogP contribution < -0.4 is 16.2 Å². The molecule has 3 heterocycles. The van der Waals surface area contributed by atoms with Gasteiger partial charge in [0.2, 0.25) is 5.95 Å². The number of fused-ring (bicyclic) bond motifs is 2. The first-order valence-corrected chi connectivity index (χ1v) is 11.9. The molecule has 0 radical (unpaired) electrons. The predicted molar refractivity (Wildman–Crippen MR) is 137 cm³/mol. The summed E-state index contributed by atoms with van der Waals surface area (Å²) in [6.45, 7) is 7.27. The molecular formula is C25H24Cl2N6O. The Bertz CT molecular complexity index is 1460. The highest BCUT2D eigenvalue weighted by Crippen LogP contribution is 2.31. The Labute approximate surface area is 207 Å². The molecule has 0 bridgehead atoms. The van der Waals surface area contributed by atoms with E-state index in [1.807, 2.05) is 13.0 Å². The minimum Gasteiger partial charge on any atom is -0.324 e. The summed E-state index contributed by atoms with van der Waals surface area (Å²) in [6.07, 6.45) is 3.09. The van der Waals surface area contributed by atoms with Gasteiger partial charge in [0.25, 0.3) is 5.56 Å². The van der Waals surface area contributed by atoms with Gasteiger partial charge in [-0.25, -0.2) is 9.97 Å². The van der Waals surface area contributed by atoms with E-state index in [0.29, 0.717) is 44.7 Å². The van der Waals surface area contributed by atoms with E-state index in [2.05, 4.69) is 51.7 Å². The highest BCUT2D eigenvalue weighted by molar-refractivity contribution is 6.37. The molecule has 2 aromatic carbocycles. The third-order valence-electron chi connectivity index (χ3n) is 6.19. The first kappa shape index (κ1) is 22.8. The van der Waals surface area contributed by atoms with Crippen molar-refractivity contribution < 1.29 is 0 Å². The van der Waals surface area contributed by atoms with Crippen LogP contribution in [0.3, 0.4) is 0 Å². The topological polar surface area (TPSA) is 84.7 Å². The molecule has 0 atom stereocenters. The molecule has 0 saturated carbocycles. The molecule has 0 fully saturated rings. The lowest BCUT2D eigenvalue weighted by molar-refractivity contribution is 0.382. The third-order valence-corrected chi connectivity index (χ3v) is 6.80. The third kappa shape index (κ3) is 3.94. The molecule has 174 valence electrons. The number of nitrogens with zero attached hydrogens (tertiary/aromatic N) is 4. The minimum absolute atomic E-state index is 0.111. The Kier molecular flexibility index (Phi) is 5.80. The molecule has 5 rings (SSSR count). The van der Waals surface area contributed by atoms with Crippen LogP contribution in [0.2, 0.25) is 10.0 Å². The summed E-state index contributed by atoms with van der Waals surface area (Å²) in [4.78, 5) is 22.4. The molecule has 4 aromatic rings. The van der Waals surface area contributed by atoms with Gasteiger partial charge in [-0.3, -0.25) is 4.79 Å². The van der Waals surface area contributed by atoms with Crippen LogP contribution in [0.25, 0.3) is 16.6 Å². The van der Waals surface area contributed by atoms with E-state index in [0.717, 1.165) is 18.7 Å². The van der Waals surface area contributed by atoms with Crippen LogP contribution in [0, 0.1) is 0 Å². The van der Waals surface area contributed by atoms with Crippen LogP contribution in [0.4, 0.5) is 11.6 Å². The Morgan fingerprint density at radius 1 is 1.18 bits per heavy atom. The van der Waals surface area contributed by atoms with Gasteiger partial charge >= 0.3 is 0 Å². The first-order valence-electron chi connectivity index (χ1n) is 11.2. The van der Waals surface area contributed by atoms with Crippen LogP contribution >= 0.6 is 23.2 Å². The molecule has 0 spiro atoms. The maximum absolute atomic E-state index is 13.3. The van der Waals surface area contributed by atoms with E-state index < -0.39 is 0 Å². The smallest absolute Gasteiger partial charge is 0.282 e. The zero-order valence-electron chi connectivity index (χ0n) is 19.1. The van der Waals surface area contributed by atoms with Gasteiger partial charge < -0.3 is 10.6 Å². The normalized spacial score (nSPS) is 14.7. The molecule has 0 aliphatic carbocycles. The summed E-state index contributed by atoms with van der Waals surface area (Å²) < 4.78 is 1.24. The largest absolute Gasteiger partial charge is 0.324 e. The van der Waals surface area contributed by atoms with E-state index in [1.165, 1.54) is 22.0 Å². The molecule has 2 N–H and O–H groups in total. The highest BCUT2D eigenvalue weighted by Gasteiger charge is 2.27. The highest BCUT2D eigenvalue weighted by atomic mass is 35.5. The quantitative estimate of drug-likeness (QED) is 0.407. The Hall–Kier alpha value is -3.00. The van der Waals surface area contributed by atoms with Crippen molar-refractivity contribution in [3.8, 4) is 5.69 Å². The number of aryl methyl sites for hydroxylation is 1. The van der Waals surface area contributed by atoms with E-state index in [-0.39, 0.29) is 11.1 Å². The second kappa shape index (κ2) is 8.65. The van der Waals surface area contributed by atoms with E-state index >= 15 is 0 Å². The zero-order chi connectivity index (χ0) is 24.0. The lowest BCUT2D eigenvalue weighted by atomic mass is 9.85. The number of benzene rings is 2. The monoisotopic (exact) mass is 494 g/mol. The van der Waals surface area contributed by atoms with Gasteiger partial charge in [-0.2, -0.15) is 9.78 Å². The van der Waals surface area contributed by atoms with Gasteiger partial charge in [0.05, 0.1) is 21.1 Å². The summed E-state index contributed by atoms with van der Waals surface area (Å²) in [5.74, 6) is 0.401. The average Bonchev–Trinajstić information content (AvgIpc) is 2.80. The van der Waals surface area contributed by atoms with Crippen molar-refractivity contribution >= 4 is 45.7 Å². The fourth-order valence-corrected chi connectivity index (χ4v) is 4.97. The second-order valence-corrected chi connectivity index (χ2v) is 9.66. The minimum atomic E-state index is -0.379. The number of rotatable bonds is 4. The van der Waals surface area contributed by atoms with E-state index in [4.69, 9.17) is 23.2 Å². The van der Waals surface area contributed by atoms with Crippen LogP contribution in [-0.2, 0) is 18.4 Å². The molecule has 1 aliphatic rings. The number of aromatic nitrogens is 4. The van der Waals surface area contributed by atoms with Gasteiger partial charge in [0.15, 0.2) is 0 Å². The number of nitrogens with one attached hydrogen (secondary N) is 2. The van der Waals surface area contributed by atoms with E-state index in [9.17, 15) is 4.79 Å². The molecule has 0 amide bonds. The predicted octanol–water partition coefficient (Wildman–Crippen LogP) is 5.17.